The molecule has 2 amide bonds. The van der Waals surface area contributed by atoms with Crippen LogP contribution >= 0.6 is 11.6 Å². The van der Waals surface area contributed by atoms with Crippen LogP contribution in [0.25, 0.3) is 0 Å². The van der Waals surface area contributed by atoms with Crippen LogP contribution in [0, 0.1) is 11.3 Å². The Bertz CT molecular complexity index is 1030. The maximum absolute atomic E-state index is 12.7. The molecule has 0 unspecified atom stereocenters. The number of amides is 2. The van der Waals surface area contributed by atoms with Crippen molar-refractivity contribution in [3.63, 3.8) is 0 Å². The summed E-state index contributed by atoms with van der Waals surface area (Å²) in [7, 11) is 1.44. The van der Waals surface area contributed by atoms with Crippen LogP contribution in [0.4, 0.5) is 0 Å². The van der Waals surface area contributed by atoms with E-state index in [0.717, 1.165) is 5.57 Å². The third-order valence-electron chi connectivity index (χ3n) is 5.88. The topological polar surface area (TPSA) is 114 Å². The molecule has 0 radical (unpaired) electrons. The molecule has 1 rings (SSSR count). The molecule has 0 saturated heterocycles. The fourth-order valence-electron chi connectivity index (χ4n) is 3.68. The van der Waals surface area contributed by atoms with Gasteiger partial charge >= 0.3 is 5.97 Å². The van der Waals surface area contributed by atoms with Gasteiger partial charge < -0.3 is 25.2 Å². The molecule has 1 aliphatic heterocycles. The van der Waals surface area contributed by atoms with E-state index >= 15 is 0 Å². The summed E-state index contributed by atoms with van der Waals surface area (Å²) in [5.74, 6) is -0.991. The first-order valence-electron chi connectivity index (χ1n) is 13.0. The van der Waals surface area contributed by atoms with Crippen LogP contribution in [-0.4, -0.2) is 48.2 Å². The minimum absolute atomic E-state index is 0.00409. The molecular weight excluding hydrogens is 520 g/mol. The number of nitrogens with one attached hydrogen (secondary N) is 2. The van der Waals surface area contributed by atoms with Crippen LogP contribution in [-0.2, 0) is 23.9 Å². The number of hydrogen-bond donors (Lipinski definition) is 3. The highest BCUT2D eigenvalue weighted by Gasteiger charge is 2.32. The van der Waals surface area contributed by atoms with E-state index in [2.05, 4.69) is 10.6 Å². The Morgan fingerprint density at radius 2 is 1.90 bits per heavy atom. The number of carbonyl (C=O) groups is 3. The summed E-state index contributed by atoms with van der Waals surface area (Å²) >= 11 is 5.77. The first-order chi connectivity index (χ1) is 18.2. The Balaban J connectivity index is 2.64. The molecule has 3 N–H and O–H groups in total. The first-order valence-corrected chi connectivity index (χ1v) is 13.4. The highest BCUT2D eigenvalue weighted by Crippen LogP contribution is 2.23. The maximum atomic E-state index is 12.7. The summed E-state index contributed by atoms with van der Waals surface area (Å²) in [6.07, 6.45) is 15.6. The number of allylic oxidation sites excluding steroid dienone is 5. The number of ether oxygens (including phenoxy) is 2. The van der Waals surface area contributed by atoms with Gasteiger partial charge in [-0.15, -0.1) is 0 Å². The average molecular weight is 563 g/mol. The maximum Gasteiger partial charge on any atom is 0.373 e. The molecule has 4 atom stereocenters. The van der Waals surface area contributed by atoms with Crippen molar-refractivity contribution in [2.45, 2.75) is 79.1 Å². The minimum Gasteiger partial charge on any atom is -0.490 e. The van der Waals surface area contributed by atoms with E-state index in [9.17, 15) is 19.5 Å². The lowest BCUT2D eigenvalue weighted by Crippen LogP contribution is -2.52. The van der Waals surface area contributed by atoms with Crippen molar-refractivity contribution in [2.24, 2.45) is 11.3 Å². The van der Waals surface area contributed by atoms with Crippen LogP contribution in [0.5, 0.6) is 0 Å². The fourth-order valence-corrected chi connectivity index (χ4v) is 3.77. The average Bonchev–Trinajstić information content (AvgIpc) is 2.85. The molecule has 39 heavy (non-hydrogen) atoms. The monoisotopic (exact) mass is 562 g/mol. The Kier molecular flexibility index (Phi) is 14.6. The molecule has 0 spiro atoms. The zero-order valence-corrected chi connectivity index (χ0v) is 24.7. The number of rotatable bonds is 13. The molecule has 9 heteroatoms. The van der Waals surface area contributed by atoms with Crippen molar-refractivity contribution in [3.05, 3.63) is 71.2 Å². The molecule has 0 aliphatic carbocycles. The van der Waals surface area contributed by atoms with Crippen molar-refractivity contribution in [2.75, 3.05) is 7.11 Å². The summed E-state index contributed by atoms with van der Waals surface area (Å²) in [5, 5.41) is 16.0. The van der Waals surface area contributed by atoms with Crippen LogP contribution in [0.1, 0.15) is 60.8 Å². The van der Waals surface area contributed by atoms with E-state index < -0.39 is 29.4 Å². The summed E-state index contributed by atoms with van der Waals surface area (Å²) in [6.45, 7) is 11.2. The number of aliphatic hydroxyl groups is 1. The van der Waals surface area contributed by atoms with E-state index in [1.54, 1.807) is 37.3 Å². The van der Waals surface area contributed by atoms with Gasteiger partial charge in [0.15, 0.2) is 5.76 Å². The third kappa shape index (κ3) is 13.5. The quantitative estimate of drug-likeness (QED) is 0.166. The Labute approximate surface area is 237 Å². The standard InChI is InChI=1S/C30H43ClN2O6/c1-20(19-21(2)24-16-17-25(38-7)29(37)39-24)11-8-9-13-26(35)33-27(30(4,5)6)28(36)32-18-10-12-23(34)15-14-22(3)31/h8-11,13-14,17-19,21,23-24,27,34H,12,15-16H2,1-7H3,(H,32,36)(H,33,35)/b11-8+,13-9+,18-10-,20-19+,22-14+/t21-,23+,24-,27+/m0/s1. The van der Waals surface area contributed by atoms with Gasteiger partial charge in [0.1, 0.15) is 12.1 Å². The van der Waals surface area contributed by atoms with Crippen molar-refractivity contribution in [1.29, 1.82) is 0 Å². The van der Waals surface area contributed by atoms with Gasteiger partial charge in [0.2, 0.25) is 11.8 Å². The van der Waals surface area contributed by atoms with Gasteiger partial charge in [-0.05, 0) is 44.4 Å². The van der Waals surface area contributed by atoms with E-state index in [1.807, 2.05) is 46.8 Å². The van der Waals surface area contributed by atoms with Gasteiger partial charge in [-0.3, -0.25) is 9.59 Å². The lowest BCUT2D eigenvalue weighted by molar-refractivity contribution is -0.151. The van der Waals surface area contributed by atoms with Gasteiger partial charge in [0.05, 0.1) is 13.2 Å². The minimum atomic E-state index is -0.775. The summed E-state index contributed by atoms with van der Waals surface area (Å²) < 4.78 is 10.4. The second-order valence-electron chi connectivity index (χ2n) is 10.6. The Hall–Kier alpha value is -3.10. The number of carbonyl (C=O) groups excluding carboxylic acids is 3. The predicted octanol–water partition coefficient (Wildman–Crippen LogP) is 4.97. The van der Waals surface area contributed by atoms with E-state index in [1.165, 1.54) is 19.4 Å². The smallest absolute Gasteiger partial charge is 0.373 e. The molecule has 0 fully saturated rings. The Morgan fingerprint density at radius 1 is 1.23 bits per heavy atom. The van der Waals surface area contributed by atoms with Crippen LogP contribution in [0.2, 0.25) is 0 Å². The summed E-state index contributed by atoms with van der Waals surface area (Å²) in [6, 6.07) is -0.775. The normalized spacial score (nSPS) is 19.6. The van der Waals surface area contributed by atoms with Crippen molar-refractivity contribution >= 4 is 29.4 Å². The van der Waals surface area contributed by atoms with Gasteiger partial charge in [0, 0.05) is 23.4 Å². The molecule has 0 aromatic rings. The number of aliphatic hydroxyl groups excluding tert-OH is 1. The number of esters is 1. The van der Waals surface area contributed by atoms with Crippen molar-refractivity contribution < 1.29 is 29.0 Å². The van der Waals surface area contributed by atoms with E-state index in [4.69, 9.17) is 21.1 Å². The first kappa shape index (κ1) is 33.9. The summed E-state index contributed by atoms with van der Waals surface area (Å²) in [5.41, 5.74) is 0.416. The lowest BCUT2D eigenvalue weighted by Gasteiger charge is -2.29. The van der Waals surface area contributed by atoms with Gasteiger partial charge in [-0.25, -0.2) is 4.79 Å². The largest absolute Gasteiger partial charge is 0.490 e. The van der Waals surface area contributed by atoms with Crippen LogP contribution in [0.15, 0.2) is 71.2 Å². The fraction of sp³-hybridized carbons (Fsp3) is 0.500. The zero-order chi connectivity index (χ0) is 29.6. The molecule has 216 valence electrons. The Morgan fingerprint density at radius 3 is 2.49 bits per heavy atom. The third-order valence-corrected chi connectivity index (χ3v) is 6.04. The van der Waals surface area contributed by atoms with Crippen molar-refractivity contribution in [1.82, 2.24) is 10.6 Å². The SMILES string of the molecule is COC1=CC[C@@H]([C@@H](C)/C=C(C)/C=C/C=C/C(=O)N[C@H](C(=O)N/C=C\C[C@@H](O)C/C=C(\C)Cl)C(C)(C)C)OC1=O. The molecule has 1 aliphatic rings. The highest BCUT2D eigenvalue weighted by atomic mass is 35.5. The van der Waals surface area contributed by atoms with Gasteiger partial charge in [0.25, 0.3) is 0 Å². The molecule has 0 saturated carbocycles. The van der Waals surface area contributed by atoms with Gasteiger partial charge in [-0.2, -0.15) is 0 Å². The lowest BCUT2D eigenvalue weighted by atomic mass is 9.86. The molecule has 1 heterocycles. The molecule has 0 aromatic carbocycles. The van der Waals surface area contributed by atoms with Crippen LogP contribution in [0.3, 0.4) is 0 Å². The molecular formula is C30H43ClN2O6. The van der Waals surface area contributed by atoms with E-state index in [0.29, 0.717) is 24.3 Å². The second kappa shape index (κ2) is 16.8. The second-order valence-corrected chi connectivity index (χ2v) is 11.2. The summed E-state index contributed by atoms with van der Waals surface area (Å²) in [4.78, 5) is 37.1. The zero-order valence-electron chi connectivity index (χ0n) is 24.0. The molecule has 8 nitrogen and oxygen atoms in total. The molecule has 0 aromatic heterocycles. The van der Waals surface area contributed by atoms with Crippen LogP contribution < -0.4 is 10.6 Å². The number of halogens is 1. The van der Waals surface area contributed by atoms with E-state index in [-0.39, 0.29) is 23.7 Å². The number of hydrogen-bond acceptors (Lipinski definition) is 6. The van der Waals surface area contributed by atoms with Gasteiger partial charge in [-0.1, -0.05) is 81.3 Å². The van der Waals surface area contributed by atoms with Crippen molar-refractivity contribution in [3.8, 4) is 0 Å². The number of cyclic esters (lactones) is 1. The predicted molar refractivity (Wildman–Crippen MR) is 154 cm³/mol. The highest BCUT2D eigenvalue weighted by molar-refractivity contribution is 6.29. The molecule has 0 bridgehead atoms. The number of methoxy groups -OCH3 is 1.